The first kappa shape index (κ1) is 33.6. The molecule has 0 unspecified atom stereocenters. The monoisotopic (exact) mass is 580 g/mol. The molecule has 0 atom stereocenters. The van der Waals surface area contributed by atoms with Crippen LogP contribution in [0.15, 0.2) is 109 Å². The molecular weight excluding hydrogens is 527 g/mol. The van der Waals surface area contributed by atoms with E-state index in [1.165, 1.54) is 117 Å². The van der Waals surface area contributed by atoms with Gasteiger partial charge in [0, 0.05) is 0 Å². The van der Waals surface area contributed by atoms with E-state index in [2.05, 4.69) is 74.5 Å². The minimum Gasteiger partial charge on any atom is -0.508 e. The maximum Gasteiger partial charge on any atom is 0.115 e. The van der Waals surface area contributed by atoms with Gasteiger partial charge in [-0.1, -0.05) is 175 Å². The van der Waals surface area contributed by atoms with E-state index in [9.17, 15) is 5.11 Å². The van der Waals surface area contributed by atoms with Crippen LogP contribution in [0.5, 0.6) is 5.75 Å². The van der Waals surface area contributed by atoms with Gasteiger partial charge in [0.15, 0.2) is 0 Å². The number of phenols is 1. The molecule has 0 aliphatic carbocycles. The van der Waals surface area contributed by atoms with E-state index < -0.39 is 7.92 Å². The Kier molecular flexibility index (Phi) is 16.7. The predicted molar refractivity (Wildman–Crippen MR) is 187 cm³/mol. The van der Waals surface area contributed by atoms with Crippen LogP contribution in [-0.2, 0) is 12.8 Å². The number of aryl methyl sites for hydroxylation is 2. The first-order valence-electron chi connectivity index (χ1n) is 16.5. The van der Waals surface area contributed by atoms with Gasteiger partial charge >= 0.3 is 0 Å². The van der Waals surface area contributed by atoms with Crippen molar-refractivity contribution < 1.29 is 5.11 Å². The van der Waals surface area contributed by atoms with Crippen LogP contribution in [0.1, 0.15) is 102 Å². The maximum atomic E-state index is 9.86. The highest BCUT2D eigenvalue weighted by atomic mass is 31.1. The van der Waals surface area contributed by atoms with Crippen LogP contribution in [-0.4, -0.2) is 5.11 Å². The summed E-state index contributed by atoms with van der Waals surface area (Å²) in [5.41, 5.74) is 2.90. The van der Waals surface area contributed by atoms with Crippen LogP contribution in [0.4, 0.5) is 0 Å². The van der Waals surface area contributed by atoms with Crippen molar-refractivity contribution in [2.24, 2.45) is 0 Å². The zero-order chi connectivity index (χ0) is 29.7. The lowest BCUT2D eigenvalue weighted by Crippen LogP contribution is -2.20. The summed E-state index contributed by atoms with van der Waals surface area (Å²) in [6.07, 6.45) is 18.5. The number of aromatic hydroxyl groups is 1. The van der Waals surface area contributed by atoms with E-state index in [-0.39, 0.29) is 0 Å². The van der Waals surface area contributed by atoms with Gasteiger partial charge in [0.2, 0.25) is 0 Å². The summed E-state index contributed by atoms with van der Waals surface area (Å²) in [7, 11) is -0.640. The van der Waals surface area contributed by atoms with Gasteiger partial charge in [0.05, 0.1) is 0 Å². The molecular formula is C40H53OP. The Bertz CT molecular complexity index is 1100. The van der Waals surface area contributed by atoms with Crippen molar-refractivity contribution >= 4 is 23.8 Å². The fourth-order valence-corrected chi connectivity index (χ4v) is 7.51. The minimum absolute atomic E-state index is 0.331. The van der Waals surface area contributed by atoms with Crippen LogP contribution in [0.25, 0.3) is 0 Å². The molecule has 0 aromatic heterocycles. The second kappa shape index (κ2) is 20.9. The van der Waals surface area contributed by atoms with Gasteiger partial charge in [-0.2, -0.15) is 0 Å². The van der Waals surface area contributed by atoms with Crippen molar-refractivity contribution in [1.29, 1.82) is 0 Å². The molecule has 224 valence electrons. The largest absolute Gasteiger partial charge is 0.508 e. The molecule has 0 radical (unpaired) electrons. The standard InChI is InChI=1S/C34H47OP.C6H6/c1-3-5-7-9-11-13-15-29-17-23-32(24-18-29)36(34-27-21-31(35)22-28-34)33-25-19-30(20-26-33)16-14-12-10-8-6-4-2;1-2-4-6-5-3-1/h17-28,35H,3-16H2,1-2H3;1-6H. The lowest BCUT2D eigenvalue weighted by Gasteiger charge is -2.20. The average Bonchev–Trinajstić information content (AvgIpc) is 3.04. The SMILES string of the molecule is CCCCCCCCc1ccc(P(c2ccc(O)cc2)c2ccc(CCCCCCCC)cc2)cc1.c1ccccc1. The second-order valence-corrected chi connectivity index (χ2v) is 13.6. The van der Waals surface area contributed by atoms with Gasteiger partial charge in [-0.15, -0.1) is 0 Å². The van der Waals surface area contributed by atoms with E-state index in [1.807, 2.05) is 48.5 Å². The lowest BCUT2D eigenvalue weighted by molar-refractivity contribution is 0.475. The highest BCUT2D eigenvalue weighted by molar-refractivity contribution is 7.79. The van der Waals surface area contributed by atoms with Crippen molar-refractivity contribution in [1.82, 2.24) is 0 Å². The number of benzene rings is 4. The van der Waals surface area contributed by atoms with Gasteiger partial charge in [-0.05, 0) is 72.8 Å². The molecule has 2 heteroatoms. The van der Waals surface area contributed by atoms with Crippen LogP contribution < -0.4 is 15.9 Å². The van der Waals surface area contributed by atoms with Crippen molar-refractivity contribution in [2.45, 2.75) is 104 Å². The van der Waals surface area contributed by atoms with Crippen molar-refractivity contribution in [3.8, 4) is 5.75 Å². The lowest BCUT2D eigenvalue weighted by atomic mass is 10.1. The van der Waals surface area contributed by atoms with Crippen LogP contribution >= 0.6 is 7.92 Å². The zero-order valence-electron chi connectivity index (χ0n) is 26.2. The first-order valence-corrected chi connectivity index (χ1v) is 17.8. The molecule has 0 saturated carbocycles. The van der Waals surface area contributed by atoms with Crippen LogP contribution in [0.3, 0.4) is 0 Å². The summed E-state index contributed by atoms with van der Waals surface area (Å²) < 4.78 is 0. The summed E-state index contributed by atoms with van der Waals surface area (Å²) in [5.74, 6) is 0.331. The summed E-state index contributed by atoms with van der Waals surface area (Å²) in [6, 6.07) is 38.6. The third-order valence-corrected chi connectivity index (χ3v) is 10.2. The number of hydrogen-bond acceptors (Lipinski definition) is 1. The Morgan fingerprint density at radius 1 is 0.405 bits per heavy atom. The summed E-state index contributed by atoms with van der Waals surface area (Å²) >= 11 is 0. The van der Waals surface area contributed by atoms with Gasteiger partial charge < -0.3 is 5.11 Å². The molecule has 4 aromatic rings. The molecule has 0 saturated heterocycles. The van der Waals surface area contributed by atoms with Gasteiger partial charge in [0.25, 0.3) is 0 Å². The van der Waals surface area contributed by atoms with E-state index in [1.54, 1.807) is 0 Å². The third-order valence-electron chi connectivity index (χ3n) is 7.80. The maximum absolute atomic E-state index is 9.86. The van der Waals surface area contributed by atoms with E-state index >= 15 is 0 Å². The zero-order valence-corrected chi connectivity index (χ0v) is 27.1. The number of phenolic OH excluding ortho intramolecular Hbond substituents is 1. The summed E-state index contributed by atoms with van der Waals surface area (Å²) in [5, 5.41) is 13.9. The second-order valence-electron chi connectivity index (χ2n) is 11.4. The van der Waals surface area contributed by atoms with Crippen molar-refractivity contribution in [3.63, 3.8) is 0 Å². The van der Waals surface area contributed by atoms with Gasteiger partial charge in [0.1, 0.15) is 5.75 Å². The molecule has 0 aliphatic rings. The van der Waals surface area contributed by atoms with Gasteiger partial charge in [-0.25, -0.2) is 0 Å². The third kappa shape index (κ3) is 13.0. The summed E-state index contributed by atoms with van der Waals surface area (Å²) in [6.45, 7) is 4.55. The number of rotatable bonds is 17. The Balaban J connectivity index is 0.000000715. The molecule has 4 aromatic carbocycles. The average molecular weight is 581 g/mol. The Morgan fingerprint density at radius 2 is 0.714 bits per heavy atom. The quantitative estimate of drug-likeness (QED) is 0.0973. The normalized spacial score (nSPS) is 10.8. The fraction of sp³-hybridized carbons (Fsp3) is 0.400. The molecule has 0 aliphatic heterocycles. The molecule has 1 N–H and O–H groups in total. The van der Waals surface area contributed by atoms with Crippen molar-refractivity contribution in [2.75, 3.05) is 0 Å². The Hall–Kier alpha value is -2.89. The van der Waals surface area contributed by atoms with Crippen molar-refractivity contribution in [3.05, 3.63) is 120 Å². The molecule has 0 amide bonds. The topological polar surface area (TPSA) is 20.2 Å². The molecule has 0 spiro atoms. The number of hydrogen-bond donors (Lipinski definition) is 1. The van der Waals surface area contributed by atoms with Gasteiger partial charge in [-0.3, -0.25) is 0 Å². The van der Waals surface area contributed by atoms with E-state index in [4.69, 9.17) is 0 Å². The van der Waals surface area contributed by atoms with E-state index in [0.29, 0.717) is 5.75 Å². The highest BCUT2D eigenvalue weighted by Crippen LogP contribution is 2.33. The number of unbranched alkanes of at least 4 members (excludes halogenated alkanes) is 10. The fourth-order valence-electron chi connectivity index (χ4n) is 5.28. The smallest absolute Gasteiger partial charge is 0.115 e. The summed E-state index contributed by atoms with van der Waals surface area (Å²) in [4.78, 5) is 0. The minimum atomic E-state index is -0.640. The molecule has 4 rings (SSSR count). The molecule has 42 heavy (non-hydrogen) atoms. The van der Waals surface area contributed by atoms with Crippen LogP contribution in [0.2, 0.25) is 0 Å². The highest BCUT2D eigenvalue weighted by Gasteiger charge is 2.17. The van der Waals surface area contributed by atoms with E-state index in [0.717, 1.165) is 0 Å². The Labute approximate surface area is 258 Å². The van der Waals surface area contributed by atoms with Crippen LogP contribution in [0, 0.1) is 0 Å². The molecule has 0 fully saturated rings. The Morgan fingerprint density at radius 3 is 1.07 bits per heavy atom. The molecule has 0 heterocycles. The first-order chi connectivity index (χ1) is 20.7. The molecule has 1 nitrogen and oxygen atoms in total. The predicted octanol–water partition coefficient (Wildman–Crippen LogP) is 10.6. The molecule has 0 bridgehead atoms.